The van der Waals surface area contributed by atoms with Crippen LogP contribution in [0.5, 0.6) is 17.2 Å². The molecule has 1 saturated heterocycles. The third-order valence-electron chi connectivity index (χ3n) is 9.46. The SMILES string of the molecule is C[C@@](CO)(NCc1cc(Cl)c(O[C@@H]2c3cccc(-c4cccc(OCCCN5CC(O)C5)c4Cl)c3C[C@@H]2F)cc1OCc1cncc(C#N)c1)C(=O)O. The Morgan fingerprint density at radius 2 is 1.87 bits per heavy atom. The largest absolute Gasteiger partial charge is 0.492 e. The van der Waals surface area contributed by atoms with E-state index in [1.165, 1.54) is 19.2 Å². The number of alkyl halides is 1. The molecule has 1 aliphatic carbocycles. The zero-order valence-corrected chi connectivity index (χ0v) is 30.4. The number of halogens is 3. The molecule has 2 aliphatic rings. The molecule has 278 valence electrons. The van der Waals surface area contributed by atoms with Gasteiger partial charge in [0.15, 0.2) is 6.10 Å². The molecule has 11 nitrogen and oxygen atoms in total. The van der Waals surface area contributed by atoms with Crippen LogP contribution < -0.4 is 19.5 Å². The van der Waals surface area contributed by atoms with Crippen LogP contribution in [0.4, 0.5) is 4.39 Å². The minimum atomic E-state index is -1.65. The highest BCUT2D eigenvalue weighted by molar-refractivity contribution is 6.35. The summed E-state index contributed by atoms with van der Waals surface area (Å²) in [6, 6.07) is 17.8. The van der Waals surface area contributed by atoms with E-state index in [4.69, 9.17) is 37.4 Å². The number of benzene rings is 3. The Morgan fingerprint density at radius 3 is 2.60 bits per heavy atom. The minimum Gasteiger partial charge on any atom is -0.492 e. The number of carboxylic acid groups (broad SMARTS) is 1. The quantitative estimate of drug-likeness (QED) is 0.101. The van der Waals surface area contributed by atoms with Crippen LogP contribution >= 0.6 is 23.2 Å². The standard InChI is InChI=1S/C39H39Cl2FN4O7/c1-39(22-47,38(49)50)45-18-25-12-31(40)35(14-34(25)52-21-24-11-23(15-43)16-44-17-24)53-37-29-7-2-5-27(30(29)13-32(37)42)28-6-3-8-33(36(28)41)51-10-4-9-46-19-26(48)20-46/h2-3,5-8,11-12,14,16-17,26,32,37,45,47-48H,4,9-10,13,18-22H2,1H3,(H,49,50)/t32-,37+,39-/m0/s1. The molecule has 4 N–H and O–H groups in total. The van der Waals surface area contributed by atoms with Gasteiger partial charge in [-0.05, 0) is 48.2 Å². The van der Waals surface area contributed by atoms with Crippen molar-refractivity contribution >= 4 is 29.2 Å². The fraction of sp³-hybridized carbons (Fsp3) is 0.359. The van der Waals surface area contributed by atoms with Gasteiger partial charge in [-0.25, -0.2) is 4.39 Å². The van der Waals surface area contributed by atoms with Gasteiger partial charge in [0.2, 0.25) is 0 Å². The van der Waals surface area contributed by atoms with Crippen molar-refractivity contribution in [3.63, 3.8) is 0 Å². The van der Waals surface area contributed by atoms with Gasteiger partial charge in [0, 0.05) is 67.8 Å². The van der Waals surface area contributed by atoms with Crippen LogP contribution in [-0.4, -0.2) is 81.8 Å². The minimum absolute atomic E-state index is 0.000263. The molecule has 0 amide bonds. The van der Waals surface area contributed by atoms with E-state index in [1.54, 1.807) is 24.4 Å². The molecule has 4 aromatic rings. The van der Waals surface area contributed by atoms with Crippen molar-refractivity contribution in [2.45, 2.75) is 56.8 Å². The predicted octanol–water partition coefficient (Wildman–Crippen LogP) is 5.89. The van der Waals surface area contributed by atoms with Gasteiger partial charge in [-0.3, -0.25) is 20.0 Å². The van der Waals surface area contributed by atoms with E-state index in [1.807, 2.05) is 36.4 Å². The molecule has 6 rings (SSSR count). The van der Waals surface area contributed by atoms with Gasteiger partial charge in [0.25, 0.3) is 0 Å². The first kappa shape index (κ1) is 38.3. The highest BCUT2D eigenvalue weighted by Gasteiger charge is 2.37. The number of nitrogens with zero attached hydrogens (tertiary/aromatic N) is 3. The van der Waals surface area contributed by atoms with Gasteiger partial charge in [-0.15, -0.1) is 0 Å². The van der Waals surface area contributed by atoms with Crippen LogP contribution in [0.3, 0.4) is 0 Å². The van der Waals surface area contributed by atoms with Crippen LogP contribution in [0.15, 0.2) is 67.0 Å². The van der Waals surface area contributed by atoms with E-state index >= 15 is 4.39 Å². The molecule has 0 saturated carbocycles. The first-order chi connectivity index (χ1) is 25.5. The highest BCUT2D eigenvalue weighted by Crippen LogP contribution is 2.46. The van der Waals surface area contributed by atoms with Crippen molar-refractivity contribution in [3.8, 4) is 34.4 Å². The number of ether oxygens (including phenoxy) is 3. The monoisotopic (exact) mass is 764 g/mol. The summed E-state index contributed by atoms with van der Waals surface area (Å²) in [5.74, 6) is -0.316. The van der Waals surface area contributed by atoms with Gasteiger partial charge in [-0.1, -0.05) is 53.5 Å². The Bertz CT molecular complexity index is 2010. The fourth-order valence-corrected chi connectivity index (χ4v) is 6.88. The molecule has 14 heteroatoms. The molecule has 1 aromatic heterocycles. The second kappa shape index (κ2) is 16.7. The number of carboxylic acids is 1. The molecule has 0 radical (unpaired) electrons. The molecule has 1 fully saturated rings. The number of aliphatic carboxylic acids is 1. The Balaban J connectivity index is 1.24. The lowest BCUT2D eigenvalue weighted by atomic mass is 9.96. The average Bonchev–Trinajstić information content (AvgIpc) is 3.46. The molecule has 53 heavy (non-hydrogen) atoms. The highest BCUT2D eigenvalue weighted by atomic mass is 35.5. The summed E-state index contributed by atoms with van der Waals surface area (Å²) < 4.78 is 34.5. The maximum atomic E-state index is 16.0. The number of aliphatic hydroxyl groups is 2. The van der Waals surface area contributed by atoms with Crippen molar-refractivity contribution in [3.05, 3.63) is 105 Å². The number of nitriles is 1. The number of hydrogen-bond acceptors (Lipinski definition) is 10. The second-order valence-corrected chi connectivity index (χ2v) is 14.2. The van der Waals surface area contributed by atoms with Crippen LogP contribution in [0.1, 0.15) is 47.3 Å². The molecular formula is C39H39Cl2FN4O7. The lowest BCUT2D eigenvalue weighted by Gasteiger charge is -2.35. The second-order valence-electron chi connectivity index (χ2n) is 13.4. The summed E-state index contributed by atoms with van der Waals surface area (Å²) >= 11 is 13.6. The third-order valence-corrected chi connectivity index (χ3v) is 10.1. The maximum absolute atomic E-state index is 16.0. The number of rotatable bonds is 16. The Morgan fingerprint density at radius 1 is 1.09 bits per heavy atom. The number of likely N-dealkylation sites (tertiary alicyclic amines) is 1. The number of aromatic nitrogens is 1. The smallest absolute Gasteiger partial charge is 0.326 e. The number of β-amino-alcohol motifs (C(OH)–C–C–N with tert-alkyl or cyclic N) is 1. The van der Waals surface area contributed by atoms with Crippen LogP contribution in [0.2, 0.25) is 10.0 Å². The lowest BCUT2D eigenvalue weighted by molar-refractivity contribution is -0.145. The van der Waals surface area contributed by atoms with Crippen molar-refractivity contribution in [1.82, 2.24) is 15.2 Å². The topological polar surface area (TPSA) is 157 Å². The van der Waals surface area contributed by atoms with Gasteiger partial charge in [0.05, 0.1) is 34.9 Å². The van der Waals surface area contributed by atoms with Gasteiger partial charge in [0.1, 0.15) is 41.6 Å². The normalized spacial score (nSPS) is 18.1. The fourth-order valence-electron chi connectivity index (χ4n) is 6.37. The molecule has 0 spiro atoms. The van der Waals surface area contributed by atoms with Gasteiger partial charge < -0.3 is 29.5 Å². The van der Waals surface area contributed by atoms with E-state index in [0.717, 1.165) is 24.1 Å². The van der Waals surface area contributed by atoms with Gasteiger partial charge in [-0.2, -0.15) is 5.26 Å². The average molecular weight is 766 g/mol. The zero-order chi connectivity index (χ0) is 37.7. The molecule has 3 atom stereocenters. The number of nitrogens with one attached hydrogen (secondary N) is 1. The molecular weight excluding hydrogens is 726 g/mol. The number of carbonyl (C=O) groups is 1. The maximum Gasteiger partial charge on any atom is 0.326 e. The third kappa shape index (κ3) is 8.68. The lowest BCUT2D eigenvalue weighted by Crippen LogP contribution is -2.52. The molecule has 0 bridgehead atoms. The van der Waals surface area contributed by atoms with E-state index in [-0.39, 0.29) is 42.2 Å². The van der Waals surface area contributed by atoms with E-state index in [9.17, 15) is 25.4 Å². The van der Waals surface area contributed by atoms with E-state index in [2.05, 4.69) is 15.2 Å². The number of hydrogen-bond donors (Lipinski definition) is 4. The van der Waals surface area contributed by atoms with Crippen LogP contribution in [-0.2, 0) is 24.4 Å². The summed E-state index contributed by atoms with van der Waals surface area (Å²) in [6.07, 6.45) is 1.13. The number of pyridine rings is 1. The van der Waals surface area contributed by atoms with Crippen LogP contribution in [0, 0.1) is 11.3 Å². The molecule has 1 aliphatic heterocycles. The van der Waals surface area contributed by atoms with Crippen molar-refractivity contribution in [1.29, 1.82) is 5.26 Å². The molecule has 2 heterocycles. The zero-order valence-electron chi connectivity index (χ0n) is 28.9. The van der Waals surface area contributed by atoms with Gasteiger partial charge >= 0.3 is 5.97 Å². The van der Waals surface area contributed by atoms with Crippen LogP contribution in [0.25, 0.3) is 11.1 Å². The Kier molecular flexibility index (Phi) is 12.0. The Hall–Kier alpha value is -4.48. The number of aliphatic hydroxyl groups excluding tert-OH is 2. The van der Waals surface area contributed by atoms with Crippen molar-refractivity contribution in [2.75, 3.05) is 32.8 Å². The Labute approximate surface area is 316 Å². The molecule has 3 aromatic carbocycles. The number of fused-ring (bicyclic) bond motifs is 1. The molecule has 0 unspecified atom stereocenters. The van der Waals surface area contributed by atoms with E-state index in [0.29, 0.717) is 58.3 Å². The first-order valence-corrected chi connectivity index (χ1v) is 17.9. The summed E-state index contributed by atoms with van der Waals surface area (Å²) in [6.45, 7) is 3.25. The predicted molar refractivity (Wildman–Crippen MR) is 196 cm³/mol. The van der Waals surface area contributed by atoms with Crippen molar-refractivity contribution < 1.29 is 38.7 Å². The summed E-state index contributed by atoms with van der Waals surface area (Å²) in [7, 11) is 0. The summed E-state index contributed by atoms with van der Waals surface area (Å²) in [5.41, 5.74) is 2.61. The summed E-state index contributed by atoms with van der Waals surface area (Å²) in [5, 5.41) is 41.6. The first-order valence-electron chi connectivity index (χ1n) is 17.1. The van der Waals surface area contributed by atoms with Crippen molar-refractivity contribution in [2.24, 2.45) is 0 Å². The summed E-state index contributed by atoms with van der Waals surface area (Å²) in [4.78, 5) is 18.1. The van der Waals surface area contributed by atoms with E-state index < -0.39 is 30.4 Å².